The topological polar surface area (TPSA) is 66.5 Å². The second kappa shape index (κ2) is 8.68. The van der Waals surface area contributed by atoms with E-state index in [9.17, 15) is 13.2 Å². The molecule has 3 aromatic carbocycles. The van der Waals surface area contributed by atoms with Gasteiger partial charge in [-0.2, -0.15) is 0 Å². The number of halogens is 1. The first kappa shape index (κ1) is 20.9. The Morgan fingerprint density at radius 3 is 2.34 bits per heavy atom. The average molecular weight is 429 g/mol. The summed E-state index contributed by atoms with van der Waals surface area (Å²) in [5.74, 6) is -0.446. The maximum Gasteiger partial charge on any atom is 0.245 e. The van der Waals surface area contributed by atoms with E-state index in [0.717, 1.165) is 21.7 Å². The molecule has 0 atom stereocenters. The summed E-state index contributed by atoms with van der Waals surface area (Å²) in [4.78, 5) is 12.8. The quantitative estimate of drug-likeness (QED) is 0.617. The van der Waals surface area contributed by atoms with Crippen LogP contribution in [0.25, 0.3) is 11.1 Å². The fraction of sp³-hybridized carbons (Fsp3) is 0.136. The molecule has 0 bridgehead atoms. The SMILES string of the molecule is Cc1ccc(Cl)cc1N(CC(=O)Nc1ccccc1-c1ccccc1)S(C)(=O)=O. The van der Waals surface area contributed by atoms with Gasteiger partial charge in [-0.3, -0.25) is 9.10 Å². The Morgan fingerprint density at radius 1 is 1.00 bits per heavy atom. The summed E-state index contributed by atoms with van der Waals surface area (Å²) in [6.07, 6.45) is 1.07. The van der Waals surface area contributed by atoms with Crippen molar-refractivity contribution in [1.29, 1.82) is 0 Å². The van der Waals surface area contributed by atoms with Crippen molar-refractivity contribution in [2.75, 3.05) is 22.4 Å². The molecule has 3 rings (SSSR count). The van der Waals surface area contributed by atoms with Crippen LogP contribution in [0.4, 0.5) is 11.4 Å². The number of benzene rings is 3. The molecule has 3 aromatic rings. The molecule has 0 aliphatic carbocycles. The monoisotopic (exact) mass is 428 g/mol. The van der Waals surface area contributed by atoms with Gasteiger partial charge in [0, 0.05) is 16.3 Å². The van der Waals surface area contributed by atoms with Gasteiger partial charge in [-0.15, -0.1) is 0 Å². The Bertz CT molecular complexity index is 1130. The molecule has 0 saturated heterocycles. The summed E-state index contributed by atoms with van der Waals surface area (Å²) in [5.41, 5.74) is 3.50. The Morgan fingerprint density at radius 2 is 1.66 bits per heavy atom. The molecule has 5 nitrogen and oxygen atoms in total. The van der Waals surface area contributed by atoms with Crippen molar-refractivity contribution < 1.29 is 13.2 Å². The van der Waals surface area contributed by atoms with Gasteiger partial charge in [0.2, 0.25) is 15.9 Å². The molecule has 0 aliphatic rings. The number of nitrogens with zero attached hydrogens (tertiary/aromatic N) is 1. The molecule has 0 radical (unpaired) electrons. The number of nitrogens with one attached hydrogen (secondary N) is 1. The van der Waals surface area contributed by atoms with E-state index >= 15 is 0 Å². The second-order valence-electron chi connectivity index (χ2n) is 6.66. The van der Waals surface area contributed by atoms with Crippen molar-refractivity contribution in [3.8, 4) is 11.1 Å². The van der Waals surface area contributed by atoms with Crippen molar-refractivity contribution >= 4 is 38.9 Å². The minimum Gasteiger partial charge on any atom is -0.324 e. The van der Waals surface area contributed by atoms with Gasteiger partial charge < -0.3 is 5.32 Å². The molecule has 0 spiro atoms. The van der Waals surface area contributed by atoms with Gasteiger partial charge in [0.25, 0.3) is 0 Å². The van der Waals surface area contributed by atoms with Gasteiger partial charge in [0.1, 0.15) is 6.54 Å². The highest BCUT2D eigenvalue weighted by molar-refractivity contribution is 7.92. The highest BCUT2D eigenvalue weighted by Gasteiger charge is 2.23. The van der Waals surface area contributed by atoms with Crippen LogP contribution in [0.1, 0.15) is 5.56 Å². The van der Waals surface area contributed by atoms with Crippen LogP contribution >= 0.6 is 11.6 Å². The summed E-state index contributed by atoms with van der Waals surface area (Å²) in [6.45, 7) is 1.41. The third-order valence-corrected chi connectivity index (χ3v) is 5.77. The summed E-state index contributed by atoms with van der Waals surface area (Å²) >= 11 is 6.04. The summed E-state index contributed by atoms with van der Waals surface area (Å²) in [7, 11) is -3.69. The third-order valence-electron chi connectivity index (χ3n) is 4.41. The zero-order valence-electron chi connectivity index (χ0n) is 16.1. The molecule has 0 unspecified atom stereocenters. The maximum atomic E-state index is 12.8. The Balaban J connectivity index is 1.89. The van der Waals surface area contributed by atoms with E-state index in [-0.39, 0.29) is 6.54 Å². The molecule has 0 saturated carbocycles. The lowest BCUT2D eigenvalue weighted by atomic mass is 10.0. The molecule has 0 aliphatic heterocycles. The van der Waals surface area contributed by atoms with Crippen LogP contribution in [0.5, 0.6) is 0 Å². The number of amides is 1. The molecule has 1 N–H and O–H groups in total. The maximum absolute atomic E-state index is 12.8. The second-order valence-corrected chi connectivity index (χ2v) is 9.00. The number of carbonyl (C=O) groups excluding carboxylic acids is 1. The number of hydrogen-bond acceptors (Lipinski definition) is 3. The van der Waals surface area contributed by atoms with Crippen LogP contribution in [0, 0.1) is 6.92 Å². The number of rotatable bonds is 6. The lowest BCUT2D eigenvalue weighted by Gasteiger charge is -2.24. The van der Waals surface area contributed by atoms with E-state index < -0.39 is 15.9 Å². The number of sulfonamides is 1. The highest BCUT2D eigenvalue weighted by Crippen LogP contribution is 2.29. The molecular formula is C22H21ClN2O3S. The number of aryl methyl sites for hydroxylation is 1. The smallest absolute Gasteiger partial charge is 0.245 e. The molecule has 7 heteroatoms. The summed E-state index contributed by atoms with van der Waals surface area (Å²) in [6, 6.07) is 22.0. The van der Waals surface area contributed by atoms with Crippen LogP contribution in [-0.2, 0) is 14.8 Å². The lowest BCUT2D eigenvalue weighted by molar-refractivity contribution is -0.114. The fourth-order valence-electron chi connectivity index (χ4n) is 3.01. The van der Waals surface area contributed by atoms with Crippen LogP contribution in [0.2, 0.25) is 5.02 Å². The minimum absolute atomic E-state index is 0.358. The third kappa shape index (κ3) is 5.16. The molecule has 0 fully saturated rings. The predicted octanol–water partition coefficient (Wildman–Crippen LogP) is 4.72. The Labute approximate surface area is 176 Å². The lowest BCUT2D eigenvalue weighted by Crippen LogP contribution is -2.38. The molecule has 150 valence electrons. The Hall–Kier alpha value is -2.83. The van der Waals surface area contributed by atoms with Crippen molar-refractivity contribution in [2.45, 2.75) is 6.92 Å². The van der Waals surface area contributed by atoms with Crippen molar-refractivity contribution in [1.82, 2.24) is 0 Å². The minimum atomic E-state index is -3.69. The van der Waals surface area contributed by atoms with Gasteiger partial charge in [-0.05, 0) is 36.2 Å². The first-order valence-corrected chi connectivity index (χ1v) is 11.2. The standard InChI is InChI=1S/C22H21ClN2O3S/c1-16-12-13-18(23)14-21(16)25(29(2,27)28)15-22(26)24-20-11-7-6-10-19(20)17-8-4-3-5-9-17/h3-14H,15H2,1-2H3,(H,24,26). The number of hydrogen-bond donors (Lipinski definition) is 1. The molecule has 29 heavy (non-hydrogen) atoms. The van der Waals surface area contributed by atoms with E-state index in [0.29, 0.717) is 22.0 Å². The first-order chi connectivity index (χ1) is 13.8. The van der Waals surface area contributed by atoms with Gasteiger partial charge >= 0.3 is 0 Å². The predicted molar refractivity (Wildman–Crippen MR) is 119 cm³/mol. The molecule has 0 heterocycles. The van der Waals surface area contributed by atoms with Gasteiger partial charge in [0.15, 0.2) is 0 Å². The summed E-state index contributed by atoms with van der Waals surface area (Å²) < 4.78 is 25.8. The molecular weight excluding hydrogens is 408 g/mol. The van der Waals surface area contributed by atoms with Gasteiger partial charge in [0.05, 0.1) is 11.9 Å². The number of carbonyl (C=O) groups is 1. The van der Waals surface area contributed by atoms with Crippen LogP contribution in [0.15, 0.2) is 72.8 Å². The number of para-hydroxylation sites is 1. The normalized spacial score (nSPS) is 11.1. The fourth-order valence-corrected chi connectivity index (χ4v) is 4.09. The molecule has 1 amide bonds. The first-order valence-electron chi connectivity index (χ1n) is 8.94. The van der Waals surface area contributed by atoms with Crippen molar-refractivity contribution in [2.24, 2.45) is 0 Å². The van der Waals surface area contributed by atoms with E-state index in [1.807, 2.05) is 48.5 Å². The molecule has 0 aromatic heterocycles. The zero-order valence-corrected chi connectivity index (χ0v) is 17.7. The van der Waals surface area contributed by atoms with Gasteiger partial charge in [-0.1, -0.05) is 66.2 Å². The van der Waals surface area contributed by atoms with E-state index in [2.05, 4.69) is 5.32 Å². The average Bonchev–Trinajstić information content (AvgIpc) is 2.68. The Kier molecular flexibility index (Phi) is 6.25. The van der Waals surface area contributed by atoms with Crippen LogP contribution in [-0.4, -0.2) is 27.1 Å². The highest BCUT2D eigenvalue weighted by atomic mass is 35.5. The van der Waals surface area contributed by atoms with E-state index in [1.54, 1.807) is 31.2 Å². The number of anilines is 2. The van der Waals surface area contributed by atoms with Crippen LogP contribution in [0.3, 0.4) is 0 Å². The van der Waals surface area contributed by atoms with E-state index in [1.165, 1.54) is 0 Å². The van der Waals surface area contributed by atoms with Crippen LogP contribution < -0.4 is 9.62 Å². The largest absolute Gasteiger partial charge is 0.324 e. The van der Waals surface area contributed by atoms with E-state index in [4.69, 9.17) is 11.6 Å². The van der Waals surface area contributed by atoms with Gasteiger partial charge in [-0.25, -0.2) is 8.42 Å². The summed E-state index contributed by atoms with van der Waals surface area (Å²) in [5, 5.41) is 3.23. The zero-order chi connectivity index (χ0) is 21.0. The van der Waals surface area contributed by atoms with Crippen molar-refractivity contribution in [3.05, 3.63) is 83.4 Å². The van der Waals surface area contributed by atoms with Crippen molar-refractivity contribution in [3.63, 3.8) is 0 Å².